The maximum absolute atomic E-state index is 13.0. The van der Waals surface area contributed by atoms with E-state index < -0.39 is 10.8 Å². The van der Waals surface area contributed by atoms with E-state index >= 15 is 0 Å². The fourth-order valence-electron chi connectivity index (χ4n) is 3.09. The van der Waals surface area contributed by atoms with Crippen molar-refractivity contribution in [2.24, 2.45) is 0 Å². The number of hydrogen-bond acceptors (Lipinski definition) is 6. The lowest BCUT2D eigenvalue weighted by molar-refractivity contribution is -0.385. The molecule has 1 aliphatic rings. The molecule has 1 fully saturated rings. The summed E-state index contributed by atoms with van der Waals surface area (Å²) in [5.41, 5.74) is 1.85. The molecule has 0 saturated carbocycles. The van der Waals surface area contributed by atoms with E-state index in [-0.39, 0.29) is 27.8 Å². The molecule has 0 aliphatic carbocycles. The Bertz CT molecular complexity index is 1050. The second-order valence-corrected chi connectivity index (χ2v) is 7.28. The number of nitrogens with one attached hydrogen (secondary N) is 1. The van der Waals surface area contributed by atoms with Crippen LogP contribution in [0.2, 0.25) is 0 Å². The number of amides is 1. The standard InChI is InChI=1S/C21H21N3O5S/c1-12(2)13-5-7-15(8-6-13)23-20(25)16(22-21(23)30)9-14-10-18(28-3)19(29-4)11-17(14)24(26)27/h5-12H,1-4H3,(H,22,30)/b16-9-. The van der Waals surface area contributed by atoms with Crippen molar-refractivity contribution in [2.45, 2.75) is 19.8 Å². The number of nitrogens with zero attached hydrogens (tertiary/aromatic N) is 2. The fraction of sp³-hybridized carbons (Fsp3) is 0.238. The minimum atomic E-state index is -0.547. The zero-order valence-corrected chi connectivity index (χ0v) is 17.8. The normalized spacial score (nSPS) is 15.0. The van der Waals surface area contributed by atoms with E-state index in [9.17, 15) is 14.9 Å². The highest BCUT2D eigenvalue weighted by Gasteiger charge is 2.33. The van der Waals surface area contributed by atoms with Gasteiger partial charge in [-0.3, -0.25) is 19.8 Å². The molecule has 0 bridgehead atoms. The Kier molecular flexibility index (Phi) is 6.02. The second kappa shape index (κ2) is 8.50. The molecule has 0 aromatic heterocycles. The molecule has 9 heteroatoms. The summed E-state index contributed by atoms with van der Waals surface area (Å²) in [6.45, 7) is 4.16. The quantitative estimate of drug-likeness (QED) is 0.322. The van der Waals surface area contributed by atoms with Crippen molar-refractivity contribution in [3.05, 3.63) is 63.3 Å². The molecule has 2 aromatic carbocycles. The molecule has 30 heavy (non-hydrogen) atoms. The van der Waals surface area contributed by atoms with Crippen LogP contribution in [0.3, 0.4) is 0 Å². The minimum Gasteiger partial charge on any atom is -0.493 e. The van der Waals surface area contributed by atoms with Gasteiger partial charge in [0, 0.05) is 0 Å². The second-order valence-electron chi connectivity index (χ2n) is 6.90. The van der Waals surface area contributed by atoms with Crippen LogP contribution in [-0.4, -0.2) is 30.2 Å². The summed E-state index contributed by atoms with van der Waals surface area (Å²) in [4.78, 5) is 25.3. The summed E-state index contributed by atoms with van der Waals surface area (Å²) in [6, 6.07) is 10.2. The lowest BCUT2D eigenvalue weighted by Crippen LogP contribution is -2.30. The maximum atomic E-state index is 13.0. The van der Waals surface area contributed by atoms with Gasteiger partial charge in [0.1, 0.15) is 5.70 Å². The molecule has 1 saturated heterocycles. The van der Waals surface area contributed by atoms with Crippen LogP contribution in [0.4, 0.5) is 11.4 Å². The molecule has 1 heterocycles. The number of nitro benzene ring substituents is 1. The molecule has 1 N–H and O–H groups in total. The van der Waals surface area contributed by atoms with E-state index in [1.54, 1.807) is 0 Å². The van der Waals surface area contributed by atoms with E-state index in [2.05, 4.69) is 19.2 Å². The SMILES string of the molecule is COc1cc(/C=C2\NC(=S)N(c3ccc(C(C)C)cc3)C2=O)c([N+](=O)[O-])cc1OC. The van der Waals surface area contributed by atoms with E-state index in [0.29, 0.717) is 17.4 Å². The Morgan fingerprint density at radius 3 is 2.27 bits per heavy atom. The molecule has 0 atom stereocenters. The zero-order chi connectivity index (χ0) is 22.0. The van der Waals surface area contributed by atoms with Gasteiger partial charge >= 0.3 is 0 Å². The van der Waals surface area contributed by atoms with Gasteiger partial charge < -0.3 is 14.8 Å². The number of ether oxygens (including phenoxy) is 2. The van der Waals surface area contributed by atoms with Crippen molar-refractivity contribution >= 4 is 40.7 Å². The topological polar surface area (TPSA) is 93.9 Å². The number of benzene rings is 2. The highest BCUT2D eigenvalue weighted by atomic mass is 32.1. The van der Waals surface area contributed by atoms with Gasteiger partial charge in [0.15, 0.2) is 16.6 Å². The molecule has 8 nitrogen and oxygen atoms in total. The third-order valence-electron chi connectivity index (χ3n) is 4.73. The smallest absolute Gasteiger partial charge is 0.281 e. The Hall–Kier alpha value is -3.46. The lowest BCUT2D eigenvalue weighted by Gasteiger charge is -2.15. The number of carbonyl (C=O) groups excluding carboxylic acids is 1. The monoisotopic (exact) mass is 427 g/mol. The average molecular weight is 427 g/mol. The first-order valence-corrected chi connectivity index (χ1v) is 9.55. The highest BCUT2D eigenvalue weighted by Crippen LogP contribution is 2.36. The van der Waals surface area contributed by atoms with E-state index in [4.69, 9.17) is 21.7 Å². The van der Waals surface area contributed by atoms with Crippen molar-refractivity contribution in [1.29, 1.82) is 0 Å². The third kappa shape index (κ3) is 3.97. The van der Waals surface area contributed by atoms with Crippen molar-refractivity contribution in [1.82, 2.24) is 5.32 Å². The Morgan fingerprint density at radius 2 is 1.73 bits per heavy atom. The van der Waals surface area contributed by atoms with Crippen LogP contribution >= 0.6 is 12.2 Å². The molecular formula is C21H21N3O5S. The van der Waals surface area contributed by atoms with Crippen LogP contribution < -0.4 is 19.7 Å². The highest BCUT2D eigenvalue weighted by molar-refractivity contribution is 7.80. The first kappa shape index (κ1) is 21.3. The van der Waals surface area contributed by atoms with Crippen molar-refractivity contribution in [3.63, 3.8) is 0 Å². The lowest BCUT2D eigenvalue weighted by atomic mass is 10.0. The molecular weight excluding hydrogens is 406 g/mol. The van der Waals surface area contributed by atoms with Crippen LogP contribution in [0, 0.1) is 10.1 Å². The summed E-state index contributed by atoms with van der Waals surface area (Å²) in [7, 11) is 2.82. The number of thiocarbonyl (C=S) groups is 1. The van der Waals surface area contributed by atoms with Crippen LogP contribution in [-0.2, 0) is 4.79 Å². The Labute approximate surface area is 179 Å². The van der Waals surface area contributed by atoms with Gasteiger partial charge in [-0.05, 0) is 48.0 Å². The number of methoxy groups -OCH3 is 2. The van der Waals surface area contributed by atoms with Gasteiger partial charge in [-0.2, -0.15) is 0 Å². The summed E-state index contributed by atoms with van der Waals surface area (Å²) >= 11 is 5.32. The maximum Gasteiger partial charge on any atom is 0.281 e. The van der Waals surface area contributed by atoms with Crippen LogP contribution in [0.5, 0.6) is 11.5 Å². The number of nitro groups is 1. The summed E-state index contributed by atoms with van der Waals surface area (Å²) < 4.78 is 10.4. The first-order valence-electron chi connectivity index (χ1n) is 9.14. The molecule has 156 valence electrons. The fourth-order valence-corrected chi connectivity index (χ4v) is 3.39. The van der Waals surface area contributed by atoms with Gasteiger partial charge in [-0.1, -0.05) is 26.0 Å². The van der Waals surface area contributed by atoms with Crippen LogP contribution in [0.1, 0.15) is 30.9 Å². The molecule has 0 unspecified atom stereocenters. The first-order chi connectivity index (χ1) is 14.3. The molecule has 1 amide bonds. The predicted octanol–water partition coefficient (Wildman–Crippen LogP) is 4.00. The largest absolute Gasteiger partial charge is 0.493 e. The number of hydrogen-bond donors (Lipinski definition) is 1. The van der Waals surface area contributed by atoms with Gasteiger partial charge in [0.25, 0.3) is 11.6 Å². The van der Waals surface area contributed by atoms with E-state index in [1.807, 2.05) is 24.3 Å². The van der Waals surface area contributed by atoms with Crippen LogP contribution in [0.15, 0.2) is 42.1 Å². The van der Waals surface area contributed by atoms with E-state index in [0.717, 1.165) is 5.56 Å². The number of rotatable bonds is 6. The minimum absolute atomic E-state index is 0.128. The van der Waals surface area contributed by atoms with Gasteiger partial charge in [0.05, 0.1) is 36.5 Å². The van der Waals surface area contributed by atoms with Gasteiger partial charge in [-0.25, -0.2) is 0 Å². The zero-order valence-electron chi connectivity index (χ0n) is 17.0. The van der Waals surface area contributed by atoms with Crippen LogP contribution in [0.25, 0.3) is 6.08 Å². The Balaban J connectivity index is 2.00. The summed E-state index contributed by atoms with van der Waals surface area (Å²) in [5.74, 6) is 0.490. The molecule has 0 spiro atoms. The van der Waals surface area contributed by atoms with Crippen molar-refractivity contribution in [2.75, 3.05) is 19.1 Å². The number of carbonyl (C=O) groups is 1. The average Bonchev–Trinajstić information content (AvgIpc) is 3.00. The molecule has 0 radical (unpaired) electrons. The molecule has 3 rings (SSSR count). The molecule has 2 aromatic rings. The van der Waals surface area contributed by atoms with Crippen molar-refractivity contribution in [3.8, 4) is 11.5 Å². The number of anilines is 1. The summed E-state index contributed by atoms with van der Waals surface area (Å²) in [5, 5.41) is 14.6. The van der Waals surface area contributed by atoms with E-state index in [1.165, 1.54) is 37.3 Å². The Morgan fingerprint density at radius 1 is 1.13 bits per heavy atom. The molecule has 1 aliphatic heterocycles. The predicted molar refractivity (Wildman–Crippen MR) is 118 cm³/mol. The van der Waals surface area contributed by atoms with Gasteiger partial charge in [-0.15, -0.1) is 0 Å². The summed E-state index contributed by atoms with van der Waals surface area (Å²) in [6.07, 6.45) is 1.39. The van der Waals surface area contributed by atoms with Crippen molar-refractivity contribution < 1.29 is 19.2 Å². The third-order valence-corrected chi connectivity index (χ3v) is 5.01. The van der Waals surface area contributed by atoms with Gasteiger partial charge in [0.2, 0.25) is 0 Å².